The highest BCUT2D eigenvalue weighted by molar-refractivity contribution is 7.92. The van der Waals surface area contributed by atoms with E-state index in [0.717, 1.165) is 23.6 Å². The van der Waals surface area contributed by atoms with E-state index in [2.05, 4.69) is 0 Å². The van der Waals surface area contributed by atoms with E-state index >= 15 is 0 Å². The number of anilines is 1. The molecule has 0 bridgehead atoms. The maximum absolute atomic E-state index is 13.0. The van der Waals surface area contributed by atoms with Crippen LogP contribution in [0.3, 0.4) is 0 Å². The second-order valence-electron chi connectivity index (χ2n) is 5.68. The van der Waals surface area contributed by atoms with Gasteiger partial charge in [-0.2, -0.15) is 0 Å². The molecule has 0 aromatic heterocycles. The van der Waals surface area contributed by atoms with Crippen LogP contribution in [-0.2, 0) is 16.4 Å². The molecule has 0 saturated heterocycles. The van der Waals surface area contributed by atoms with Crippen molar-refractivity contribution in [3.05, 3.63) is 62.7 Å². The number of nitro groups is 1. The van der Waals surface area contributed by atoms with Crippen LogP contribution in [0.1, 0.15) is 17.5 Å². The van der Waals surface area contributed by atoms with Crippen molar-refractivity contribution in [2.24, 2.45) is 0 Å². The molecule has 2 aromatic carbocycles. The number of nitrogens with zero attached hydrogens (tertiary/aromatic N) is 2. The Morgan fingerprint density at radius 2 is 1.96 bits per heavy atom. The summed E-state index contributed by atoms with van der Waals surface area (Å²) in [5.74, 6) is 0. The van der Waals surface area contributed by atoms with Gasteiger partial charge < -0.3 is 0 Å². The fourth-order valence-electron chi connectivity index (χ4n) is 2.86. The number of halogens is 1. The maximum atomic E-state index is 13.0. The average molecular weight is 367 g/mol. The van der Waals surface area contributed by atoms with Crippen LogP contribution in [-0.4, -0.2) is 19.9 Å². The van der Waals surface area contributed by atoms with Gasteiger partial charge in [0.1, 0.15) is 5.02 Å². The molecule has 0 unspecified atom stereocenters. The first kappa shape index (κ1) is 16.7. The van der Waals surface area contributed by atoms with Crippen LogP contribution < -0.4 is 4.31 Å². The maximum Gasteiger partial charge on any atom is 0.289 e. The molecule has 126 valence electrons. The molecule has 1 aliphatic heterocycles. The molecule has 6 nitrogen and oxygen atoms in total. The summed E-state index contributed by atoms with van der Waals surface area (Å²) in [6, 6.07) is 9.17. The molecular weight excluding hydrogens is 352 g/mol. The van der Waals surface area contributed by atoms with Gasteiger partial charge in [-0.05, 0) is 43.5 Å². The lowest BCUT2D eigenvalue weighted by Gasteiger charge is -2.30. The Balaban J connectivity index is 2.10. The first-order chi connectivity index (χ1) is 11.3. The van der Waals surface area contributed by atoms with E-state index in [-0.39, 0.29) is 9.92 Å². The molecule has 0 fully saturated rings. The Bertz CT molecular complexity index is 928. The number of aryl methyl sites for hydroxylation is 2. The molecule has 24 heavy (non-hydrogen) atoms. The highest BCUT2D eigenvalue weighted by atomic mass is 35.5. The van der Waals surface area contributed by atoms with Gasteiger partial charge in [0, 0.05) is 12.6 Å². The third kappa shape index (κ3) is 2.85. The Hall–Kier alpha value is -2.12. The molecule has 3 rings (SSSR count). The minimum atomic E-state index is -3.89. The van der Waals surface area contributed by atoms with E-state index in [9.17, 15) is 18.5 Å². The fourth-order valence-corrected chi connectivity index (χ4v) is 4.61. The van der Waals surface area contributed by atoms with Gasteiger partial charge in [-0.15, -0.1) is 0 Å². The van der Waals surface area contributed by atoms with Gasteiger partial charge in [-0.3, -0.25) is 14.4 Å². The van der Waals surface area contributed by atoms with Crippen LogP contribution in [0.25, 0.3) is 0 Å². The molecular formula is C16H15ClN2O4S. The van der Waals surface area contributed by atoms with Crippen molar-refractivity contribution in [3.8, 4) is 0 Å². The van der Waals surface area contributed by atoms with Gasteiger partial charge >= 0.3 is 0 Å². The Morgan fingerprint density at radius 1 is 1.21 bits per heavy atom. The lowest BCUT2D eigenvalue weighted by molar-refractivity contribution is -0.384. The van der Waals surface area contributed by atoms with Gasteiger partial charge in [-0.1, -0.05) is 29.3 Å². The zero-order valence-electron chi connectivity index (χ0n) is 12.9. The quantitative estimate of drug-likeness (QED) is 0.612. The molecule has 2 aromatic rings. The van der Waals surface area contributed by atoms with Gasteiger partial charge in [0.2, 0.25) is 0 Å². The fraction of sp³-hybridized carbons (Fsp3) is 0.250. The number of benzene rings is 2. The summed E-state index contributed by atoms with van der Waals surface area (Å²) < 4.78 is 27.3. The van der Waals surface area contributed by atoms with Crippen LogP contribution >= 0.6 is 11.6 Å². The van der Waals surface area contributed by atoms with Gasteiger partial charge in [0.15, 0.2) is 0 Å². The van der Waals surface area contributed by atoms with Gasteiger partial charge in [0.05, 0.1) is 15.5 Å². The number of sulfonamides is 1. The molecule has 8 heteroatoms. The first-order valence-electron chi connectivity index (χ1n) is 7.37. The van der Waals surface area contributed by atoms with Crippen molar-refractivity contribution in [1.29, 1.82) is 0 Å². The van der Waals surface area contributed by atoms with Gasteiger partial charge in [-0.25, -0.2) is 8.42 Å². The SMILES string of the molecule is Cc1ccc2c(c1)CCCN2S(=O)(=O)c1ccc(Cl)c([N+](=O)[O-])c1. The predicted octanol–water partition coefficient (Wildman–Crippen LogP) is 3.70. The zero-order valence-corrected chi connectivity index (χ0v) is 14.5. The normalized spacial score (nSPS) is 14.3. The van der Waals surface area contributed by atoms with Crippen molar-refractivity contribution < 1.29 is 13.3 Å². The molecule has 0 aliphatic carbocycles. The van der Waals surface area contributed by atoms with Crippen molar-refractivity contribution in [2.75, 3.05) is 10.8 Å². The topological polar surface area (TPSA) is 80.5 Å². The van der Waals surface area contributed by atoms with Gasteiger partial charge in [0.25, 0.3) is 15.7 Å². The van der Waals surface area contributed by atoms with E-state index in [1.165, 1.54) is 16.4 Å². The van der Waals surface area contributed by atoms with E-state index in [1.807, 2.05) is 19.1 Å². The molecule has 0 spiro atoms. The van der Waals surface area contributed by atoms with E-state index in [4.69, 9.17) is 11.6 Å². The number of hydrogen-bond acceptors (Lipinski definition) is 4. The monoisotopic (exact) mass is 366 g/mol. The third-order valence-electron chi connectivity index (χ3n) is 4.01. The van der Waals surface area contributed by atoms with Crippen LogP contribution in [0.4, 0.5) is 11.4 Å². The lowest BCUT2D eigenvalue weighted by atomic mass is 10.0. The van der Waals surface area contributed by atoms with Crippen molar-refractivity contribution in [2.45, 2.75) is 24.7 Å². The molecule has 1 aliphatic rings. The smallest absolute Gasteiger partial charge is 0.266 e. The largest absolute Gasteiger partial charge is 0.289 e. The summed E-state index contributed by atoms with van der Waals surface area (Å²) in [7, 11) is -3.89. The Morgan fingerprint density at radius 3 is 2.67 bits per heavy atom. The van der Waals surface area contributed by atoms with Crippen molar-refractivity contribution in [1.82, 2.24) is 0 Å². The Labute approximate surface area is 144 Å². The highest BCUT2D eigenvalue weighted by Gasteiger charge is 2.30. The summed E-state index contributed by atoms with van der Waals surface area (Å²) in [5.41, 5.74) is 2.24. The first-order valence-corrected chi connectivity index (χ1v) is 9.19. The van der Waals surface area contributed by atoms with Crippen LogP contribution in [0.5, 0.6) is 0 Å². The number of hydrogen-bond donors (Lipinski definition) is 0. The van der Waals surface area contributed by atoms with Crippen molar-refractivity contribution in [3.63, 3.8) is 0 Å². The van der Waals surface area contributed by atoms with E-state index in [1.54, 1.807) is 6.07 Å². The van der Waals surface area contributed by atoms with Crippen LogP contribution in [0.2, 0.25) is 5.02 Å². The van der Waals surface area contributed by atoms with Crippen LogP contribution in [0.15, 0.2) is 41.3 Å². The summed E-state index contributed by atoms with van der Waals surface area (Å²) in [5, 5.41) is 10.9. The molecule has 0 radical (unpaired) electrons. The average Bonchev–Trinajstić information content (AvgIpc) is 2.53. The number of nitro benzene ring substituents is 1. The van der Waals surface area contributed by atoms with Crippen LogP contribution in [0, 0.1) is 17.0 Å². The second kappa shape index (κ2) is 6.07. The summed E-state index contributed by atoms with van der Waals surface area (Å²) >= 11 is 5.78. The number of fused-ring (bicyclic) bond motifs is 1. The molecule has 0 saturated carbocycles. The molecule has 0 amide bonds. The zero-order chi connectivity index (χ0) is 17.5. The summed E-state index contributed by atoms with van der Waals surface area (Å²) in [6.07, 6.45) is 1.51. The third-order valence-corrected chi connectivity index (χ3v) is 6.14. The number of rotatable bonds is 3. The van der Waals surface area contributed by atoms with Crippen molar-refractivity contribution >= 4 is 33.0 Å². The van der Waals surface area contributed by atoms with E-state index < -0.39 is 20.6 Å². The summed E-state index contributed by atoms with van der Waals surface area (Å²) in [4.78, 5) is 10.2. The Kier molecular flexibility index (Phi) is 4.23. The molecule has 0 atom stereocenters. The van der Waals surface area contributed by atoms with E-state index in [0.29, 0.717) is 18.7 Å². The summed E-state index contributed by atoms with van der Waals surface area (Å²) in [6.45, 7) is 2.30. The molecule has 1 heterocycles. The lowest BCUT2D eigenvalue weighted by Crippen LogP contribution is -2.35. The molecule has 0 N–H and O–H groups in total. The minimum Gasteiger partial charge on any atom is -0.266 e. The minimum absolute atomic E-state index is 0.0892. The highest BCUT2D eigenvalue weighted by Crippen LogP contribution is 2.34. The standard InChI is InChI=1S/C16H15ClN2O4S/c1-11-4-7-15-12(9-11)3-2-8-18(15)24(22,23)13-5-6-14(17)16(10-13)19(20)21/h4-7,9-10H,2-3,8H2,1H3. The second-order valence-corrected chi connectivity index (χ2v) is 7.95. The predicted molar refractivity (Wildman–Crippen MR) is 92.1 cm³/mol.